The zero-order chi connectivity index (χ0) is 22.1. The summed E-state index contributed by atoms with van der Waals surface area (Å²) in [5.41, 5.74) is 0.295. The van der Waals surface area contributed by atoms with Gasteiger partial charge in [0.2, 0.25) is 5.91 Å². The Morgan fingerprint density at radius 3 is 2.57 bits per heavy atom. The number of carbonyl (C=O) groups is 3. The Kier molecular flexibility index (Phi) is 6.40. The number of amides is 4. The van der Waals surface area contributed by atoms with Crippen molar-refractivity contribution >= 4 is 18.0 Å². The molecule has 9 heteroatoms. The molecule has 3 heterocycles. The van der Waals surface area contributed by atoms with Crippen LogP contribution in [0.3, 0.4) is 0 Å². The fourth-order valence-electron chi connectivity index (χ4n) is 4.04. The van der Waals surface area contributed by atoms with E-state index in [-0.39, 0.29) is 36.7 Å². The van der Waals surface area contributed by atoms with Crippen LogP contribution in [0.4, 0.5) is 9.59 Å². The van der Waals surface area contributed by atoms with Gasteiger partial charge in [0.15, 0.2) is 0 Å². The average Bonchev–Trinajstić information content (AvgIpc) is 2.90. The van der Waals surface area contributed by atoms with Gasteiger partial charge in [-0.05, 0) is 46.1 Å². The molecule has 0 saturated carbocycles. The second kappa shape index (κ2) is 8.67. The largest absolute Gasteiger partial charge is 0.444 e. The maximum absolute atomic E-state index is 13.0. The number of likely N-dealkylation sites (tertiary alicyclic amines) is 1. The van der Waals surface area contributed by atoms with Crippen LogP contribution in [0, 0.1) is 0 Å². The summed E-state index contributed by atoms with van der Waals surface area (Å²) in [5.74, 6) is -0.197. The van der Waals surface area contributed by atoms with Gasteiger partial charge in [-0.15, -0.1) is 6.58 Å². The van der Waals surface area contributed by atoms with Crippen molar-refractivity contribution in [2.24, 2.45) is 0 Å². The summed E-state index contributed by atoms with van der Waals surface area (Å²) in [6.07, 6.45) is 4.46. The highest BCUT2D eigenvalue weighted by Crippen LogP contribution is 2.30. The monoisotopic (exact) mass is 420 g/mol. The number of ether oxygens (including phenoxy) is 1. The quantitative estimate of drug-likeness (QED) is 0.688. The number of nitrogens with zero attached hydrogens (tertiary/aromatic N) is 3. The number of carbonyl (C=O) groups excluding carboxylic acids is 3. The summed E-state index contributed by atoms with van der Waals surface area (Å²) < 4.78 is 5.41. The van der Waals surface area contributed by atoms with Gasteiger partial charge >= 0.3 is 12.1 Å². The third kappa shape index (κ3) is 4.77. The lowest BCUT2D eigenvalue weighted by atomic mass is 9.98. The van der Waals surface area contributed by atoms with Crippen LogP contribution in [-0.4, -0.2) is 82.9 Å². The number of rotatable bonds is 5. The third-order valence-electron chi connectivity index (χ3n) is 5.39. The van der Waals surface area contributed by atoms with E-state index >= 15 is 0 Å². The molecule has 2 bridgehead atoms. The highest BCUT2D eigenvalue weighted by atomic mass is 16.7. The Labute approximate surface area is 177 Å². The first-order valence-corrected chi connectivity index (χ1v) is 10.4. The molecule has 0 radical (unpaired) electrons. The zero-order valence-electron chi connectivity index (χ0n) is 18.2. The summed E-state index contributed by atoms with van der Waals surface area (Å²) in [7, 11) is 0. The summed E-state index contributed by atoms with van der Waals surface area (Å²) in [4.78, 5) is 46.6. The van der Waals surface area contributed by atoms with Gasteiger partial charge in [0.25, 0.3) is 0 Å². The number of urea groups is 1. The second-order valence-electron chi connectivity index (χ2n) is 8.98. The van der Waals surface area contributed by atoms with E-state index in [2.05, 4.69) is 11.9 Å². The maximum atomic E-state index is 13.0. The first-order valence-electron chi connectivity index (χ1n) is 10.4. The second-order valence-corrected chi connectivity index (χ2v) is 8.98. The van der Waals surface area contributed by atoms with Gasteiger partial charge in [-0.25, -0.2) is 9.59 Å². The van der Waals surface area contributed by atoms with E-state index in [1.807, 2.05) is 33.8 Å². The normalized spacial score (nSPS) is 24.6. The van der Waals surface area contributed by atoms with Gasteiger partial charge in [0.1, 0.15) is 11.6 Å². The van der Waals surface area contributed by atoms with Gasteiger partial charge in [0, 0.05) is 19.1 Å². The Morgan fingerprint density at radius 1 is 1.30 bits per heavy atom. The molecule has 3 aliphatic heterocycles. The first-order chi connectivity index (χ1) is 14.1. The minimum Gasteiger partial charge on any atom is -0.444 e. The van der Waals surface area contributed by atoms with E-state index in [9.17, 15) is 14.4 Å². The standard InChI is InChI=1S/C21H32N4O5/c1-6-11-29-25-16-12-14(2)17(24(13-16)19(25)27)18(26)22-15-7-9-23(10-8-15)20(28)30-21(3,4)5/h6,12,15-17H,1,7-11,13H2,2-5H3,(H,22,26)/t16-,17+/m1/s1. The van der Waals surface area contributed by atoms with Crippen LogP contribution >= 0.6 is 0 Å². The molecular formula is C21H32N4O5. The molecule has 1 N–H and O–H groups in total. The minimum atomic E-state index is -0.644. The molecule has 0 aromatic rings. The Morgan fingerprint density at radius 2 is 1.97 bits per heavy atom. The average molecular weight is 421 g/mol. The van der Waals surface area contributed by atoms with Crippen molar-refractivity contribution < 1.29 is 24.0 Å². The predicted octanol–water partition coefficient (Wildman–Crippen LogP) is 2.05. The van der Waals surface area contributed by atoms with Crippen LogP contribution in [-0.2, 0) is 14.4 Å². The number of nitrogens with one attached hydrogen (secondary N) is 1. The molecule has 0 spiro atoms. The predicted molar refractivity (Wildman–Crippen MR) is 110 cm³/mol. The van der Waals surface area contributed by atoms with E-state index in [1.54, 1.807) is 15.9 Å². The van der Waals surface area contributed by atoms with Crippen LogP contribution in [0.5, 0.6) is 0 Å². The van der Waals surface area contributed by atoms with E-state index in [0.29, 0.717) is 32.5 Å². The molecule has 0 aromatic heterocycles. The molecule has 2 saturated heterocycles. The van der Waals surface area contributed by atoms with Crippen LogP contribution in [0.15, 0.2) is 24.3 Å². The third-order valence-corrected chi connectivity index (χ3v) is 5.39. The van der Waals surface area contributed by atoms with E-state index in [1.165, 1.54) is 5.06 Å². The van der Waals surface area contributed by atoms with Crippen LogP contribution < -0.4 is 5.32 Å². The van der Waals surface area contributed by atoms with Crippen molar-refractivity contribution in [2.75, 3.05) is 26.2 Å². The molecular weight excluding hydrogens is 388 g/mol. The Hall–Kier alpha value is -2.55. The van der Waals surface area contributed by atoms with Crippen LogP contribution in [0.2, 0.25) is 0 Å². The highest BCUT2D eigenvalue weighted by molar-refractivity contribution is 5.91. The summed E-state index contributed by atoms with van der Waals surface area (Å²) in [6.45, 7) is 12.7. The SMILES string of the molecule is C=CCON1C(=O)N2C[C@H]1C=C(C)[C@H]2C(=O)NC1CCN(C(=O)OC(C)(C)C)CC1. The van der Waals surface area contributed by atoms with E-state index < -0.39 is 11.6 Å². The molecule has 2 fully saturated rings. The minimum absolute atomic E-state index is 0.0486. The summed E-state index contributed by atoms with van der Waals surface area (Å²) in [6, 6.07) is -1.20. The van der Waals surface area contributed by atoms with Crippen LogP contribution in [0.1, 0.15) is 40.5 Å². The molecule has 0 unspecified atom stereocenters. The van der Waals surface area contributed by atoms with Gasteiger partial charge in [0.05, 0.1) is 19.2 Å². The molecule has 4 amide bonds. The van der Waals surface area contributed by atoms with E-state index in [4.69, 9.17) is 9.57 Å². The lowest BCUT2D eigenvalue weighted by Crippen LogP contribution is -2.54. The molecule has 166 valence electrons. The maximum Gasteiger partial charge on any atom is 0.410 e. The Bertz CT molecular complexity index is 736. The van der Waals surface area contributed by atoms with Crippen LogP contribution in [0.25, 0.3) is 0 Å². The lowest BCUT2D eigenvalue weighted by molar-refractivity contribution is -0.125. The molecule has 3 aliphatic rings. The molecule has 0 aromatic carbocycles. The van der Waals surface area contributed by atoms with Crippen molar-refractivity contribution in [3.05, 3.63) is 24.3 Å². The smallest absolute Gasteiger partial charge is 0.410 e. The summed E-state index contributed by atoms with van der Waals surface area (Å²) in [5, 5.41) is 4.38. The van der Waals surface area contributed by atoms with Crippen molar-refractivity contribution in [1.29, 1.82) is 0 Å². The number of hydrogen-bond donors (Lipinski definition) is 1. The Balaban J connectivity index is 1.55. The number of hydroxylamine groups is 2. The van der Waals surface area contributed by atoms with Gasteiger partial charge in [-0.1, -0.05) is 12.2 Å². The zero-order valence-corrected chi connectivity index (χ0v) is 18.2. The fourth-order valence-corrected chi connectivity index (χ4v) is 4.04. The number of piperidine rings is 1. The van der Waals surface area contributed by atoms with Gasteiger partial charge in [-0.3, -0.25) is 9.63 Å². The van der Waals surface area contributed by atoms with Crippen molar-refractivity contribution in [3.8, 4) is 0 Å². The molecule has 0 aliphatic carbocycles. The number of hydrogen-bond acceptors (Lipinski definition) is 5. The summed E-state index contributed by atoms with van der Waals surface area (Å²) >= 11 is 0. The highest BCUT2D eigenvalue weighted by Gasteiger charge is 2.47. The van der Waals surface area contributed by atoms with Crippen molar-refractivity contribution in [2.45, 2.75) is 64.3 Å². The van der Waals surface area contributed by atoms with Gasteiger partial charge in [-0.2, -0.15) is 5.06 Å². The van der Waals surface area contributed by atoms with E-state index in [0.717, 1.165) is 5.57 Å². The molecule has 3 rings (SSSR count). The number of fused-ring (bicyclic) bond motifs is 2. The fraction of sp³-hybridized carbons (Fsp3) is 0.667. The topological polar surface area (TPSA) is 91.4 Å². The molecule has 2 atom stereocenters. The van der Waals surface area contributed by atoms with Crippen molar-refractivity contribution in [1.82, 2.24) is 20.2 Å². The molecule has 9 nitrogen and oxygen atoms in total. The first kappa shape index (κ1) is 22.1. The van der Waals surface area contributed by atoms with Crippen molar-refractivity contribution in [3.63, 3.8) is 0 Å². The molecule has 30 heavy (non-hydrogen) atoms. The lowest BCUT2D eigenvalue weighted by Gasteiger charge is -2.35. The van der Waals surface area contributed by atoms with Gasteiger partial charge < -0.3 is 19.9 Å².